The molecule has 0 amide bonds. The molecule has 0 atom stereocenters. The van der Waals surface area contributed by atoms with Gasteiger partial charge in [-0.25, -0.2) is 0 Å². The fraction of sp³-hybridized carbons (Fsp3) is 0.333. The fourth-order valence-corrected chi connectivity index (χ4v) is 1.99. The number of hydrogen-bond acceptors (Lipinski definition) is 2. The van der Waals surface area contributed by atoms with Crippen LogP contribution in [0.1, 0.15) is 18.9 Å². The van der Waals surface area contributed by atoms with E-state index >= 15 is 0 Å². The van der Waals surface area contributed by atoms with E-state index < -0.39 is 0 Å². The van der Waals surface area contributed by atoms with Gasteiger partial charge in [-0.15, -0.1) is 0 Å². The summed E-state index contributed by atoms with van der Waals surface area (Å²) in [4.78, 5) is 3.22. The fourth-order valence-electron chi connectivity index (χ4n) is 1.99. The highest BCUT2D eigenvalue weighted by molar-refractivity contribution is 5.62. The average molecular weight is 244 g/mol. The third-order valence-electron chi connectivity index (χ3n) is 2.93. The third kappa shape index (κ3) is 2.93. The van der Waals surface area contributed by atoms with E-state index in [0.717, 1.165) is 31.0 Å². The quantitative estimate of drug-likeness (QED) is 0.766. The Morgan fingerprint density at radius 1 is 1.28 bits per heavy atom. The molecule has 0 fully saturated rings. The first-order valence-corrected chi connectivity index (χ1v) is 6.36. The summed E-state index contributed by atoms with van der Waals surface area (Å²) in [6.45, 7) is 4.03. The highest BCUT2D eigenvalue weighted by Gasteiger charge is 2.06. The van der Waals surface area contributed by atoms with Crippen LogP contribution in [0.2, 0.25) is 0 Å². The molecular formula is C15H20N2O. The SMILES string of the molecule is CCCNCc1cc(-c2ccc[nH]2)ccc1OC. The highest BCUT2D eigenvalue weighted by atomic mass is 16.5. The number of aromatic amines is 1. The van der Waals surface area contributed by atoms with E-state index in [2.05, 4.69) is 35.4 Å². The van der Waals surface area contributed by atoms with Gasteiger partial charge in [0.1, 0.15) is 5.75 Å². The molecule has 1 aromatic heterocycles. The maximum atomic E-state index is 5.40. The van der Waals surface area contributed by atoms with Crippen molar-refractivity contribution >= 4 is 0 Å². The zero-order chi connectivity index (χ0) is 12.8. The molecule has 18 heavy (non-hydrogen) atoms. The van der Waals surface area contributed by atoms with Gasteiger partial charge in [-0.1, -0.05) is 6.92 Å². The molecule has 2 rings (SSSR count). The molecule has 1 heterocycles. The number of methoxy groups -OCH3 is 1. The summed E-state index contributed by atoms with van der Waals surface area (Å²) in [6, 6.07) is 10.4. The van der Waals surface area contributed by atoms with Crippen molar-refractivity contribution < 1.29 is 4.74 Å². The van der Waals surface area contributed by atoms with Gasteiger partial charge in [0.15, 0.2) is 0 Å². The first-order chi connectivity index (χ1) is 8.85. The van der Waals surface area contributed by atoms with E-state index in [1.165, 1.54) is 11.1 Å². The molecule has 0 aliphatic heterocycles. The molecule has 3 nitrogen and oxygen atoms in total. The van der Waals surface area contributed by atoms with E-state index in [-0.39, 0.29) is 0 Å². The second kappa shape index (κ2) is 6.26. The van der Waals surface area contributed by atoms with Crippen molar-refractivity contribution in [3.63, 3.8) is 0 Å². The van der Waals surface area contributed by atoms with Crippen LogP contribution < -0.4 is 10.1 Å². The Morgan fingerprint density at radius 2 is 2.17 bits per heavy atom. The summed E-state index contributed by atoms with van der Waals surface area (Å²) in [7, 11) is 1.72. The summed E-state index contributed by atoms with van der Waals surface area (Å²) < 4.78 is 5.40. The largest absolute Gasteiger partial charge is 0.496 e. The minimum Gasteiger partial charge on any atom is -0.496 e. The lowest BCUT2D eigenvalue weighted by atomic mass is 10.1. The summed E-state index contributed by atoms with van der Waals surface area (Å²) in [5.41, 5.74) is 3.52. The van der Waals surface area contributed by atoms with E-state index in [0.29, 0.717) is 0 Å². The lowest BCUT2D eigenvalue weighted by Gasteiger charge is -2.11. The molecule has 0 bridgehead atoms. The molecule has 0 spiro atoms. The van der Waals surface area contributed by atoms with E-state index in [1.54, 1.807) is 7.11 Å². The summed E-state index contributed by atoms with van der Waals surface area (Å²) >= 11 is 0. The predicted molar refractivity (Wildman–Crippen MR) is 74.8 cm³/mol. The molecule has 0 aliphatic carbocycles. The van der Waals surface area contributed by atoms with Gasteiger partial charge in [0.25, 0.3) is 0 Å². The van der Waals surface area contributed by atoms with Crippen molar-refractivity contribution in [2.75, 3.05) is 13.7 Å². The molecule has 2 N–H and O–H groups in total. The first kappa shape index (κ1) is 12.7. The van der Waals surface area contributed by atoms with E-state index in [9.17, 15) is 0 Å². The lowest BCUT2D eigenvalue weighted by Crippen LogP contribution is -2.14. The summed E-state index contributed by atoms with van der Waals surface area (Å²) in [5.74, 6) is 0.939. The number of hydrogen-bond donors (Lipinski definition) is 2. The van der Waals surface area contributed by atoms with Gasteiger partial charge in [-0.2, -0.15) is 0 Å². The standard InChI is InChI=1S/C15H20N2O/c1-3-8-16-11-13-10-12(6-7-15(13)18-2)14-5-4-9-17-14/h4-7,9-10,16-17H,3,8,11H2,1-2H3. The highest BCUT2D eigenvalue weighted by Crippen LogP contribution is 2.25. The Morgan fingerprint density at radius 3 is 2.83 bits per heavy atom. The van der Waals surface area contributed by atoms with Crippen molar-refractivity contribution in [3.8, 4) is 17.0 Å². The first-order valence-electron chi connectivity index (χ1n) is 6.36. The smallest absolute Gasteiger partial charge is 0.123 e. The van der Waals surface area contributed by atoms with E-state index in [1.807, 2.05) is 18.3 Å². The Labute approximate surface area is 108 Å². The minimum absolute atomic E-state index is 0.839. The molecule has 96 valence electrons. The van der Waals surface area contributed by atoms with Gasteiger partial charge >= 0.3 is 0 Å². The monoisotopic (exact) mass is 244 g/mol. The van der Waals surface area contributed by atoms with Crippen LogP contribution in [-0.2, 0) is 6.54 Å². The normalized spacial score (nSPS) is 10.6. The number of aromatic nitrogens is 1. The Hall–Kier alpha value is -1.74. The predicted octanol–water partition coefficient (Wildman–Crippen LogP) is 3.19. The maximum absolute atomic E-state index is 5.40. The van der Waals surface area contributed by atoms with Crippen LogP contribution in [0.25, 0.3) is 11.3 Å². The van der Waals surface area contributed by atoms with Gasteiger partial charge < -0.3 is 15.0 Å². The second-order valence-electron chi connectivity index (χ2n) is 4.29. The van der Waals surface area contributed by atoms with Crippen LogP contribution in [-0.4, -0.2) is 18.6 Å². The van der Waals surface area contributed by atoms with E-state index in [4.69, 9.17) is 4.74 Å². The van der Waals surface area contributed by atoms with Gasteiger partial charge in [-0.05, 0) is 48.9 Å². The molecule has 0 radical (unpaired) electrons. The number of benzene rings is 1. The van der Waals surface area contributed by atoms with Crippen molar-refractivity contribution in [2.45, 2.75) is 19.9 Å². The topological polar surface area (TPSA) is 37.0 Å². The van der Waals surface area contributed by atoms with Crippen LogP contribution in [0.15, 0.2) is 36.5 Å². The number of H-pyrrole nitrogens is 1. The molecule has 0 aliphatic rings. The molecule has 2 aromatic rings. The number of ether oxygens (including phenoxy) is 1. The zero-order valence-corrected chi connectivity index (χ0v) is 11.0. The minimum atomic E-state index is 0.839. The summed E-state index contributed by atoms with van der Waals surface area (Å²) in [6.07, 6.45) is 3.08. The number of rotatable bonds is 6. The van der Waals surface area contributed by atoms with Crippen LogP contribution in [0, 0.1) is 0 Å². The molecule has 0 unspecified atom stereocenters. The van der Waals surface area contributed by atoms with Crippen molar-refractivity contribution in [3.05, 3.63) is 42.1 Å². The molecule has 3 heteroatoms. The molecule has 0 saturated carbocycles. The van der Waals surface area contributed by atoms with Crippen LogP contribution in [0.3, 0.4) is 0 Å². The third-order valence-corrected chi connectivity index (χ3v) is 2.93. The molecule has 0 saturated heterocycles. The summed E-state index contributed by atoms with van der Waals surface area (Å²) in [5, 5.41) is 3.41. The van der Waals surface area contributed by atoms with Crippen LogP contribution in [0.5, 0.6) is 5.75 Å². The Bertz CT molecular complexity index is 477. The second-order valence-corrected chi connectivity index (χ2v) is 4.29. The van der Waals surface area contributed by atoms with Crippen LogP contribution in [0.4, 0.5) is 0 Å². The number of nitrogens with one attached hydrogen (secondary N) is 2. The van der Waals surface area contributed by atoms with Gasteiger partial charge in [-0.3, -0.25) is 0 Å². The van der Waals surface area contributed by atoms with Crippen molar-refractivity contribution in [2.24, 2.45) is 0 Å². The van der Waals surface area contributed by atoms with Crippen molar-refractivity contribution in [1.82, 2.24) is 10.3 Å². The molecular weight excluding hydrogens is 224 g/mol. The lowest BCUT2D eigenvalue weighted by molar-refractivity contribution is 0.408. The Kier molecular flexibility index (Phi) is 4.42. The van der Waals surface area contributed by atoms with Crippen LogP contribution >= 0.6 is 0 Å². The maximum Gasteiger partial charge on any atom is 0.123 e. The average Bonchev–Trinajstić information content (AvgIpc) is 2.93. The van der Waals surface area contributed by atoms with Gasteiger partial charge in [0.05, 0.1) is 7.11 Å². The van der Waals surface area contributed by atoms with Gasteiger partial charge in [0.2, 0.25) is 0 Å². The zero-order valence-electron chi connectivity index (χ0n) is 11.0. The Balaban J connectivity index is 2.22. The van der Waals surface area contributed by atoms with Crippen molar-refractivity contribution in [1.29, 1.82) is 0 Å². The molecule has 1 aromatic carbocycles. The van der Waals surface area contributed by atoms with Gasteiger partial charge in [0, 0.05) is 24.0 Å².